The maximum Gasteiger partial charge on any atom is 0.146 e. The number of aliphatic hydroxyl groups excluding tert-OH is 1. The first-order chi connectivity index (χ1) is 8.30. The summed E-state index contributed by atoms with van der Waals surface area (Å²) in [6, 6.07) is 0. The van der Waals surface area contributed by atoms with E-state index in [0.29, 0.717) is 5.92 Å². The molecule has 1 rings (SSSR count). The maximum absolute atomic E-state index is 8.98. The van der Waals surface area contributed by atoms with Crippen LogP contribution in [-0.4, -0.2) is 35.3 Å². The van der Waals surface area contributed by atoms with Gasteiger partial charge in [0.1, 0.15) is 11.6 Å². The van der Waals surface area contributed by atoms with Gasteiger partial charge in [0.15, 0.2) is 0 Å². The number of hydrogen-bond acceptors (Lipinski definition) is 5. The van der Waals surface area contributed by atoms with E-state index in [4.69, 9.17) is 5.11 Å². The van der Waals surface area contributed by atoms with E-state index < -0.39 is 0 Å². The summed E-state index contributed by atoms with van der Waals surface area (Å²) < 4.78 is 0. The fourth-order valence-electron chi connectivity index (χ4n) is 1.76. The van der Waals surface area contributed by atoms with Crippen LogP contribution in [0.3, 0.4) is 0 Å². The molecule has 17 heavy (non-hydrogen) atoms. The van der Waals surface area contributed by atoms with Gasteiger partial charge in [0, 0.05) is 20.2 Å². The van der Waals surface area contributed by atoms with Crippen molar-refractivity contribution in [1.82, 2.24) is 9.97 Å². The maximum atomic E-state index is 8.98. The van der Waals surface area contributed by atoms with Gasteiger partial charge in [0.25, 0.3) is 0 Å². The van der Waals surface area contributed by atoms with Crippen molar-refractivity contribution in [1.29, 1.82) is 0 Å². The van der Waals surface area contributed by atoms with E-state index >= 15 is 0 Å². The largest absolute Gasteiger partial charge is 0.396 e. The summed E-state index contributed by atoms with van der Waals surface area (Å²) in [5.74, 6) is 2.02. The molecule has 3 N–H and O–H groups in total. The lowest BCUT2D eigenvalue weighted by atomic mass is 10.0. The molecule has 0 aliphatic heterocycles. The first-order valence-electron chi connectivity index (χ1n) is 6.14. The second kappa shape index (κ2) is 7.84. The third-order valence-electron chi connectivity index (χ3n) is 2.70. The molecule has 0 aliphatic carbocycles. The summed E-state index contributed by atoms with van der Waals surface area (Å²) in [6.07, 6.45) is 6.48. The molecular formula is C12H22N4O. The van der Waals surface area contributed by atoms with Crippen LogP contribution in [0.15, 0.2) is 12.4 Å². The van der Waals surface area contributed by atoms with Crippen LogP contribution in [0.25, 0.3) is 0 Å². The zero-order valence-corrected chi connectivity index (χ0v) is 10.6. The minimum atomic E-state index is 0.245. The van der Waals surface area contributed by atoms with Gasteiger partial charge < -0.3 is 15.7 Å². The molecule has 96 valence electrons. The molecule has 5 nitrogen and oxygen atoms in total. The minimum Gasteiger partial charge on any atom is -0.396 e. The van der Waals surface area contributed by atoms with Crippen molar-refractivity contribution in [2.24, 2.45) is 5.92 Å². The summed E-state index contributed by atoms with van der Waals surface area (Å²) in [7, 11) is 1.82. The highest BCUT2D eigenvalue weighted by Gasteiger charge is 2.07. The van der Waals surface area contributed by atoms with Crippen molar-refractivity contribution in [3.8, 4) is 0 Å². The quantitative estimate of drug-likeness (QED) is 0.643. The van der Waals surface area contributed by atoms with Crippen LogP contribution in [-0.2, 0) is 0 Å². The molecule has 0 aromatic carbocycles. The first kappa shape index (κ1) is 13.7. The van der Waals surface area contributed by atoms with Crippen LogP contribution in [0.1, 0.15) is 26.2 Å². The molecule has 0 bridgehead atoms. The van der Waals surface area contributed by atoms with Gasteiger partial charge in [0.05, 0.1) is 12.4 Å². The van der Waals surface area contributed by atoms with Gasteiger partial charge in [-0.05, 0) is 18.8 Å². The molecule has 0 radical (unpaired) electrons. The lowest BCUT2D eigenvalue weighted by Gasteiger charge is -2.16. The smallest absolute Gasteiger partial charge is 0.146 e. The summed E-state index contributed by atoms with van der Waals surface area (Å²) in [6.45, 7) is 3.23. The summed E-state index contributed by atoms with van der Waals surface area (Å²) in [5, 5.41) is 15.2. The molecule has 1 aromatic heterocycles. The topological polar surface area (TPSA) is 70.1 Å². The highest BCUT2D eigenvalue weighted by atomic mass is 16.3. The van der Waals surface area contributed by atoms with Gasteiger partial charge in [0.2, 0.25) is 0 Å². The second-order valence-corrected chi connectivity index (χ2v) is 4.09. The zero-order chi connectivity index (χ0) is 12.5. The van der Waals surface area contributed by atoms with Gasteiger partial charge in [-0.2, -0.15) is 0 Å². The standard InChI is InChI=1S/C12H22N4O/c1-3-4-10(5-6-17)7-15-12-9-14-8-11(13-2)16-12/h8-10,17H,3-7H2,1-2H3,(H2,13,15,16). The Morgan fingerprint density at radius 3 is 2.71 bits per heavy atom. The predicted octanol–water partition coefficient (Wildman–Crippen LogP) is 1.73. The van der Waals surface area contributed by atoms with E-state index in [2.05, 4.69) is 27.5 Å². The van der Waals surface area contributed by atoms with Crippen molar-refractivity contribution in [2.75, 3.05) is 30.8 Å². The molecule has 1 heterocycles. The molecule has 1 unspecified atom stereocenters. The SMILES string of the molecule is CCCC(CCO)CNc1cncc(NC)n1. The molecule has 5 heteroatoms. The Morgan fingerprint density at radius 1 is 1.29 bits per heavy atom. The van der Waals surface area contributed by atoms with Gasteiger partial charge in [-0.3, -0.25) is 4.98 Å². The Labute approximate surface area is 103 Å². The van der Waals surface area contributed by atoms with Crippen LogP contribution in [0.5, 0.6) is 0 Å². The normalized spacial score (nSPS) is 12.2. The molecule has 1 atom stereocenters. The number of aliphatic hydroxyl groups is 1. The van der Waals surface area contributed by atoms with Crippen molar-refractivity contribution in [3.05, 3.63) is 12.4 Å². The zero-order valence-electron chi connectivity index (χ0n) is 10.6. The molecule has 0 saturated carbocycles. The molecule has 0 fully saturated rings. The summed E-state index contributed by atoms with van der Waals surface area (Å²) in [5.41, 5.74) is 0. The fraction of sp³-hybridized carbons (Fsp3) is 0.667. The highest BCUT2D eigenvalue weighted by Crippen LogP contribution is 2.12. The van der Waals surface area contributed by atoms with E-state index in [-0.39, 0.29) is 6.61 Å². The van der Waals surface area contributed by atoms with Crippen molar-refractivity contribution >= 4 is 11.6 Å². The molecule has 0 amide bonds. The van der Waals surface area contributed by atoms with E-state index in [1.54, 1.807) is 12.4 Å². The van der Waals surface area contributed by atoms with Gasteiger partial charge in [-0.1, -0.05) is 13.3 Å². The number of nitrogens with one attached hydrogen (secondary N) is 2. The molecule has 0 saturated heterocycles. The van der Waals surface area contributed by atoms with E-state index in [1.807, 2.05) is 7.05 Å². The number of rotatable bonds is 8. The summed E-state index contributed by atoms with van der Waals surface area (Å²) >= 11 is 0. The number of hydrogen-bond donors (Lipinski definition) is 3. The van der Waals surface area contributed by atoms with Gasteiger partial charge >= 0.3 is 0 Å². The van der Waals surface area contributed by atoms with E-state index in [0.717, 1.165) is 37.4 Å². The van der Waals surface area contributed by atoms with Crippen LogP contribution in [0, 0.1) is 5.92 Å². The monoisotopic (exact) mass is 238 g/mol. The van der Waals surface area contributed by atoms with Crippen molar-refractivity contribution < 1.29 is 5.11 Å². The lowest BCUT2D eigenvalue weighted by Crippen LogP contribution is -2.16. The Kier molecular flexibility index (Phi) is 6.32. The first-order valence-corrected chi connectivity index (χ1v) is 6.14. The predicted molar refractivity (Wildman–Crippen MR) is 70.2 cm³/mol. The van der Waals surface area contributed by atoms with Crippen molar-refractivity contribution in [2.45, 2.75) is 26.2 Å². The molecular weight excluding hydrogens is 216 g/mol. The van der Waals surface area contributed by atoms with E-state index in [1.165, 1.54) is 0 Å². The fourth-order valence-corrected chi connectivity index (χ4v) is 1.76. The average molecular weight is 238 g/mol. The van der Waals surface area contributed by atoms with Crippen LogP contribution >= 0.6 is 0 Å². The van der Waals surface area contributed by atoms with Crippen LogP contribution in [0.2, 0.25) is 0 Å². The third kappa shape index (κ3) is 4.99. The Hall–Kier alpha value is -1.36. The second-order valence-electron chi connectivity index (χ2n) is 4.09. The van der Waals surface area contributed by atoms with Gasteiger partial charge in [-0.25, -0.2) is 4.98 Å². The van der Waals surface area contributed by atoms with E-state index in [9.17, 15) is 0 Å². The lowest BCUT2D eigenvalue weighted by molar-refractivity contribution is 0.255. The number of anilines is 2. The van der Waals surface area contributed by atoms with Crippen LogP contribution in [0.4, 0.5) is 11.6 Å². The Morgan fingerprint density at radius 2 is 2.06 bits per heavy atom. The molecule has 0 spiro atoms. The highest BCUT2D eigenvalue weighted by molar-refractivity contribution is 5.40. The Bertz CT molecular complexity index is 313. The van der Waals surface area contributed by atoms with Crippen molar-refractivity contribution in [3.63, 3.8) is 0 Å². The van der Waals surface area contributed by atoms with Crippen LogP contribution < -0.4 is 10.6 Å². The van der Waals surface area contributed by atoms with Gasteiger partial charge in [-0.15, -0.1) is 0 Å². The minimum absolute atomic E-state index is 0.245. The summed E-state index contributed by atoms with van der Waals surface area (Å²) in [4.78, 5) is 8.42. The number of nitrogens with zero attached hydrogens (tertiary/aromatic N) is 2. The Balaban J connectivity index is 2.46. The number of aromatic nitrogens is 2. The molecule has 0 aliphatic rings. The third-order valence-corrected chi connectivity index (χ3v) is 2.70. The molecule has 1 aromatic rings. The average Bonchev–Trinajstić information content (AvgIpc) is 2.37.